The van der Waals surface area contributed by atoms with Crippen LogP contribution >= 0.6 is 0 Å². The van der Waals surface area contributed by atoms with Crippen LogP contribution in [-0.2, 0) is 23.9 Å². The summed E-state index contributed by atoms with van der Waals surface area (Å²) in [7, 11) is 0. The summed E-state index contributed by atoms with van der Waals surface area (Å²) in [6.45, 7) is 5.90. The van der Waals surface area contributed by atoms with Crippen LogP contribution in [-0.4, -0.2) is 41.6 Å². The first-order valence-corrected chi connectivity index (χ1v) is 14.9. The van der Waals surface area contributed by atoms with Gasteiger partial charge in [0, 0.05) is 0 Å². The van der Waals surface area contributed by atoms with Crippen LogP contribution in [0, 0.1) is 0 Å². The van der Waals surface area contributed by atoms with Crippen LogP contribution in [0.1, 0.15) is 156 Å². The topological polar surface area (TPSA) is 89.9 Å². The van der Waals surface area contributed by atoms with E-state index in [1.807, 2.05) is 0 Å². The number of ketones is 1. The highest BCUT2D eigenvalue weighted by atomic mass is 16.6. The summed E-state index contributed by atoms with van der Waals surface area (Å²) in [6.07, 6.45) is 22.6. The fourth-order valence-corrected chi connectivity index (χ4v) is 4.25. The maximum Gasteiger partial charge on any atom is 0.346 e. The molecule has 0 saturated heterocycles. The molecular weight excluding hydrogens is 456 g/mol. The Bertz CT molecular complexity index is 562. The van der Waals surface area contributed by atoms with Gasteiger partial charge < -0.3 is 14.6 Å². The first-order valence-electron chi connectivity index (χ1n) is 14.9. The van der Waals surface area contributed by atoms with Gasteiger partial charge in [-0.3, -0.25) is 9.59 Å². The fourth-order valence-electron chi connectivity index (χ4n) is 4.25. The lowest BCUT2D eigenvalue weighted by Crippen LogP contribution is -2.48. The van der Waals surface area contributed by atoms with E-state index in [2.05, 4.69) is 13.8 Å². The molecule has 0 saturated carbocycles. The lowest BCUT2D eigenvalue weighted by molar-refractivity contribution is -0.176. The highest BCUT2D eigenvalue weighted by molar-refractivity contribution is 6.08. The van der Waals surface area contributed by atoms with Crippen LogP contribution in [0.4, 0.5) is 0 Å². The average molecular weight is 513 g/mol. The van der Waals surface area contributed by atoms with Crippen molar-refractivity contribution in [1.29, 1.82) is 0 Å². The molecule has 0 spiro atoms. The van der Waals surface area contributed by atoms with Crippen molar-refractivity contribution in [3.8, 4) is 0 Å². The zero-order valence-electron chi connectivity index (χ0n) is 23.8. The van der Waals surface area contributed by atoms with Gasteiger partial charge in [-0.15, -0.1) is 0 Å². The third-order valence-corrected chi connectivity index (χ3v) is 6.81. The van der Waals surface area contributed by atoms with Gasteiger partial charge in [-0.1, -0.05) is 129 Å². The third kappa shape index (κ3) is 18.8. The highest BCUT2D eigenvalue weighted by Gasteiger charge is 2.45. The van der Waals surface area contributed by atoms with Gasteiger partial charge in [-0.2, -0.15) is 0 Å². The minimum atomic E-state index is -2.46. The second-order valence-corrected chi connectivity index (χ2v) is 10.3. The molecule has 0 aliphatic heterocycles. The number of ether oxygens (including phenoxy) is 2. The Morgan fingerprint density at radius 1 is 0.556 bits per heavy atom. The molecule has 0 aromatic carbocycles. The second-order valence-electron chi connectivity index (χ2n) is 10.3. The molecule has 0 aliphatic carbocycles. The molecule has 0 aromatic rings. The van der Waals surface area contributed by atoms with Gasteiger partial charge in [0.1, 0.15) is 0 Å². The number of esters is 2. The number of aliphatic hydroxyl groups is 1. The Morgan fingerprint density at radius 3 is 1.25 bits per heavy atom. The van der Waals surface area contributed by atoms with Gasteiger partial charge in [0.05, 0.1) is 19.6 Å². The van der Waals surface area contributed by atoms with Crippen molar-refractivity contribution in [3.05, 3.63) is 0 Å². The van der Waals surface area contributed by atoms with Gasteiger partial charge in [0.2, 0.25) is 5.60 Å². The third-order valence-electron chi connectivity index (χ3n) is 6.81. The number of unbranched alkanes of at least 4 members (excludes halogenated alkanes) is 18. The van der Waals surface area contributed by atoms with E-state index >= 15 is 0 Å². The molecule has 0 radical (unpaired) electrons. The van der Waals surface area contributed by atoms with E-state index in [4.69, 9.17) is 9.47 Å². The van der Waals surface area contributed by atoms with Crippen molar-refractivity contribution in [2.45, 2.75) is 161 Å². The van der Waals surface area contributed by atoms with Crippen LogP contribution < -0.4 is 0 Å². The van der Waals surface area contributed by atoms with Crippen molar-refractivity contribution in [1.82, 2.24) is 0 Å². The summed E-state index contributed by atoms with van der Waals surface area (Å²) in [6, 6.07) is 0. The van der Waals surface area contributed by atoms with E-state index in [0.717, 1.165) is 39.0 Å². The predicted octanol–water partition coefficient (Wildman–Crippen LogP) is 7.62. The highest BCUT2D eigenvalue weighted by Crippen LogP contribution is 2.17. The Kier molecular flexibility index (Phi) is 23.0. The lowest BCUT2D eigenvalue weighted by Gasteiger charge is -2.22. The van der Waals surface area contributed by atoms with Gasteiger partial charge in [-0.25, -0.2) is 4.79 Å². The largest absolute Gasteiger partial charge is 0.466 e. The number of rotatable bonds is 26. The predicted molar refractivity (Wildman–Crippen MR) is 146 cm³/mol. The zero-order chi connectivity index (χ0) is 26.9. The first kappa shape index (κ1) is 34.6. The lowest BCUT2D eigenvalue weighted by atomic mass is 9.95. The van der Waals surface area contributed by atoms with E-state index in [0.29, 0.717) is 6.42 Å². The van der Waals surface area contributed by atoms with E-state index in [1.54, 1.807) is 0 Å². The quantitative estimate of drug-likeness (QED) is 0.0728. The summed E-state index contributed by atoms with van der Waals surface area (Å²) in [5.41, 5.74) is -2.46. The normalized spacial score (nSPS) is 12.8. The van der Waals surface area contributed by atoms with Crippen molar-refractivity contribution in [3.63, 3.8) is 0 Å². The van der Waals surface area contributed by atoms with Gasteiger partial charge in [0.25, 0.3) is 0 Å². The molecule has 1 atom stereocenters. The average Bonchev–Trinajstić information content (AvgIpc) is 2.85. The number of hydrogen-bond donors (Lipinski definition) is 1. The Balaban J connectivity index is 3.94. The monoisotopic (exact) mass is 512 g/mol. The van der Waals surface area contributed by atoms with Crippen molar-refractivity contribution in [2.75, 3.05) is 13.2 Å². The molecule has 1 N–H and O–H groups in total. The zero-order valence-corrected chi connectivity index (χ0v) is 23.8. The SMILES string of the molecule is CCCCCCCCCCCCOC(=O)CC(O)(C(C)=O)C(=O)OCCCCCCCCCCCC. The molecule has 0 amide bonds. The van der Waals surface area contributed by atoms with Crippen molar-refractivity contribution >= 4 is 17.7 Å². The molecule has 0 bridgehead atoms. The van der Waals surface area contributed by atoms with Crippen LogP contribution in [0.3, 0.4) is 0 Å². The molecule has 1 unspecified atom stereocenters. The maximum atomic E-state index is 12.4. The maximum absolute atomic E-state index is 12.4. The van der Waals surface area contributed by atoms with Crippen molar-refractivity contribution in [2.24, 2.45) is 0 Å². The van der Waals surface area contributed by atoms with Gasteiger partial charge >= 0.3 is 11.9 Å². The van der Waals surface area contributed by atoms with Crippen molar-refractivity contribution < 1.29 is 29.0 Å². The van der Waals surface area contributed by atoms with E-state index in [9.17, 15) is 19.5 Å². The Morgan fingerprint density at radius 2 is 0.889 bits per heavy atom. The molecule has 0 aromatic heterocycles. The summed E-state index contributed by atoms with van der Waals surface area (Å²) in [4.78, 5) is 36.5. The molecule has 0 heterocycles. The van der Waals surface area contributed by atoms with E-state index < -0.39 is 29.7 Å². The minimum absolute atomic E-state index is 0.137. The molecule has 6 heteroatoms. The Hall–Kier alpha value is -1.43. The number of carbonyl (C=O) groups excluding carboxylic acids is 3. The first-order chi connectivity index (χ1) is 17.4. The molecular formula is C30H56O6. The Labute approximate surface area is 221 Å². The van der Waals surface area contributed by atoms with Crippen LogP contribution in [0.25, 0.3) is 0 Å². The van der Waals surface area contributed by atoms with Crippen LogP contribution in [0.15, 0.2) is 0 Å². The van der Waals surface area contributed by atoms with Gasteiger partial charge in [-0.05, 0) is 19.8 Å². The smallest absolute Gasteiger partial charge is 0.346 e. The molecule has 212 valence electrons. The summed E-state index contributed by atoms with van der Waals surface area (Å²) >= 11 is 0. The summed E-state index contributed by atoms with van der Waals surface area (Å²) < 4.78 is 10.3. The molecule has 0 rings (SSSR count). The summed E-state index contributed by atoms with van der Waals surface area (Å²) in [5, 5.41) is 10.5. The number of carbonyl (C=O) groups is 3. The second kappa shape index (κ2) is 23.9. The van der Waals surface area contributed by atoms with Gasteiger partial charge in [0.15, 0.2) is 5.78 Å². The molecule has 0 aliphatic rings. The summed E-state index contributed by atoms with van der Waals surface area (Å²) in [5.74, 6) is -2.60. The standard InChI is InChI=1S/C30H56O6/c1-4-6-8-10-12-14-16-18-20-22-24-35-28(32)26-30(34,27(3)31)29(33)36-25-23-21-19-17-15-13-11-9-7-5-2/h34H,4-26H2,1-3H3. The minimum Gasteiger partial charge on any atom is -0.466 e. The molecule has 0 fully saturated rings. The van der Waals surface area contributed by atoms with E-state index in [1.165, 1.54) is 89.9 Å². The van der Waals surface area contributed by atoms with E-state index in [-0.39, 0.29) is 13.2 Å². The molecule has 6 nitrogen and oxygen atoms in total. The fraction of sp³-hybridized carbons (Fsp3) is 0.900. The number of hydrogen-bond acceptors (Lipinski definition) is 6. The van der Waals surface area contributed by atoms with Crippen LogP contribution in [0.5, 0.6) is 0 Å². The van der Waals surface area contributed by atoms with Crippen LogP contribution in [0.2, 0.25) is 0 Å². The molecule has 36 heavy (non-hydrogen) atoms. The number of Topliss-reactive ketones (excluding diaryl/α,β-unsaturated/α-hetero) is 1.